The smallest absolute Gasteiger partial charge is 0.230 e. The first-order valence-electron chi connectivity index (χ1n) is 6.78. The van der Waals surface area contributed by atoms with Gasteiger partial charge in [-0.15, -0.1) is 22.7 Å². The molecule has 0 bridgehead atoms. The van der Waals surface area contributed by atoms with E-state index in [4.69, 9.17) is 16.3 Å². The fourth-order valence-electron chi connectivity index (χ4n) is 2.08. The van der Waals surface area contributed by atoms with Crippen LogP contribution < -0.4 is 10.1 Å². The first kappa shape index (κ1) is 16.0. The van der Waals surface area contributed by atoms with E-state index in [-0.39, 0.29) is 12.3 Å². The zero-order valence-electron chi connectivity index (χ0n) is 12.2. The van der Waals surface area contributed by atoms with Gasteiger partial charge in [0.1, 0.15) is 5.75 Å². The predicted molar refractivity (Wildman–Crippen MR) is 95.8 cm³/mol. The molecule has 118 valence electrons. The number of nitrogens with one attached hydrogen (secondary N) is 1. The number of hydrogen-bond acceptors (Lipinski definition) is 5. The van der Waals surface area contributed by atoms with E-state index in [2.05, 4.69) is 10.3 Å². The summed E-state index contributed by atoms with van der Waals surface area (Å²) in [4.78, 5) is 17.6. The number of ether oxygens (including phenoxy) is 1. The molecule has 0 radical (unpaired) electrons. The van der Waals surface area contributed by atoms with Crippen molar-refractivity contribution < 1.29 is 9.53 Å². The number of amides is 1. The van der Waals surface area contributed by atoms with E-state index in [1.165, 1.54) is 22.7 Å². The van der Waals surface area contributed by atoms with Crippen molar-refractivity contribution in [2.45, 2.75) is 6.42 Å². The van der Waals surface area contributed by atoms with Crippen LogP contribution in [-0.4, -0.2) is 18.0 Å². The highest BCUT2D eigenvalue weighted by Crippen LogP contribution is 2.32. The SMILES string of the molecule is COc1ccccc1CC(=O)Nc1nc(-c2ccc(Cl)s2)cs1. The first-order chi connectivity index (χ1) is 11.2. The van der Waals surface area contributed by atoms with Crippen molar-refractivity contribution in [1.29, 1.82) is 0 Å². The molecule has 1 amide bonds. The van der Waals surface area contributed by atoms with Gasteiger partial charge in [0.05, 0.1) is 28.4 Å². The summed E-state index contributed by atoms with van der Waals surface area (Å²) in [5.41, 5.74) is 1.66. The Hall–Kier alpha value is -1.89. The highest BCUT2D eigenvalue weighted by molar-refractivity contribution is 7.20. The summed E-state index contributed by atoms with van der Waals surface area (Å²) in [6.45, 7) is 0. The lowest BCUT2D eigenvalue weighted by Crippen LogP contribution is -2.14. The molecule has 7 heteroatoms. The average molecular weight is 365 g/mol. The quantitative estimate of drug-likeness (QED) is 0.713. The van der Waals surface area contributed by atoms with E-state index < -0.39 is 0 Å². The van der Waals surface area contributed by atoms with Gasteiger partial charge in [-0.2, -0.15) is 0 Å². The predicted octanol–water partition coefficient (Wildman–Crippen LogP) is 4.71. The molecular formula is C16H13ClN2O2S2. The molecule has 4 nitrogen and oxygen atoms in total. The van der Waals surface area contributed by atoms with Crippen molar-refractivity contribution in [3.8, 4) is 16.3 Å². The molecule has 0 atom stereocenters. The Balaban J connectivity index is 1.68. The molecular weight excluding hydrogens is 352 g/mol. The van der Waals surface area contributed by atoms with Gasteiger partial charge in [0, 0.05) is 10.9 Å². The average Bonchev–Trinajstić information content (AvgIpc) is 3.16. The fourth-order valence-corrected chi connectivity index (χ4v) is 3.89. The van der Waals surface area contributed by atoms with Gasteiger partial charge in [-0.1, -0.05) is 29.8 Å². The molecule has 0 aliphatic carbocycles. The number of thiazole rings is 1. The minimum Gasteiger partial charge on any atom is -0.496 e. The van der Waals surface area contributed by atoms with Gasteiger partial charge < -0.3 is 10.1 Å². The highest BCUT2D eigenvalue weighted by Gasteiger charge is 2.12. The molecule has 0 saturated heterocycles. The second-order valence-electron chi connectivity index (χ2n) is 4.68. The Morgan fingerprint density at radius 3 is 2.87 bits per heavy atom. The third kappa shape index (κ3) is 3.90. The summed E-state index contributed by atoms with van der Waals surface area (Å²) in [6, 6.07) is 11.2. The summed E-state index contributed by atoms with van der Waals surface area (Å²) < 4.78 is 5.97. The summed E-state index contributed by atoms with van der Waals surface area (Å²) in [5.74, 6) is 0.579. The maximum absolute atomic E-state index is 12.2. The molecule has 2 heterocycles. The Bertz CT molecular complexity index is 829. The van der Waals surface area contributed by atoms with E-state index in [1.54, 1.807) is 7.11 Å². The highest BCUT2D eigenvalue weighted by atomic mass is 35.5. The summed E-state index contributed by atoms with van der Waals surface area (Å²) in [7, 11) is 1.59. The Kier molecular flexibility index (Phi) is 4.95. The Morgan fingerprint density at radius 2 is 2.13 bits per heavy atom. The minimum atomic E-state index is -0.125. The first-order valence-corrected chi connectivity index (χ1v) is 8.86. The molecule has 1 aromatic carbocycles. The lowest BCUT2D eigenvalue weighted by molar-refractivity contribution is -0.115. The summed E-state index contributed by atoms with van der Waals surface area (Å²) in [5, 5.41) is 5.30. The zero-order valence-corrected chi connectivity index (χ0v) is 14.6. The molecule has 0 aliphatic heterocycles. The van der Waals surface area contributed by atoms with Crippen LogP contribution in [-0.2, 0) is 11.2 Å². The number of hydrogen-bond donors (Lipinski definition) is 1. The van der Waals surface area contributed by atoms with Crippen LogP contribution in [0.5, 0.6) is 5.75 Å². The Labute approximate surface area is 146 Å². The molecule has 23 heavy (non-hydrogen) atoms. The van der Waals surface area contributed by atoms with Crippen LogP contribution in [0.2, 0.25) is 4.34 Å². The third-order valence-corrected chi connectivity index (χ3v) is 5.13. The number of carbonyl (C=O) groups excluding carboxylic acids is 1. The van der Waals surface area contributed by atoms with Crippen LogP contribution in [0.3, 0.4) is 0 Å². The topological polar surface area (TPSA) is 51.2 Å². The second-order valence-corrected chi connectivity index (χ2v) is 7.25. The van der Waals surface area contributed by atoms with E-state index >= 15 is 0 Å². The van der Waals surface area contributed by atoms with E-state index in [0.29, 0.717) is 10.9 Å². The van der Waals surface area contributed by atoms with Crippen molar-refractivity contribution >= 4 is 45.3 Å². The Morgan fingerprint density at radius 1 is 1.30 bits per heavy atom. The van der Waals surface area contributed by atoms with E-state index in [0.717, 1.165) is 20.5 Å². The van der Waals surface area contributed by atoms with Crippen molar-refractivity contribution in [2.24, 2.45) is 0 Å². The van der Waals surface area contributed by atoms with E-state index in [9.17, 15) is 4.79 Å². The van der Waals surface area contributed by atoms with Gasteiger partial charge in [0.2, 0.25) is 5.91 Å². The number of aromatic nitrogens is 1. The molecule has 0 unspecified atom stereocenters. The molecule has 0 fully saturated rings. The van der Waals surface area contributed by atoms with Gasteiger partial charge in [0.25, 0.3) is 0 Å². The largest absolute Gasteiger partial charge is 0.496 e. The van der Waals surface area contributed by atoms with Crippen LogP contribution in [0.25, 0.3) is 10.6 Å². The standard InChI is InChI=1S/C16H13ClN2O2S2/c1-21-12-5-3-2-4-10(12)8-15(20)19-16-18-11(9-22-16)13-6-7-14(17)23-13/h2-7,9H,8H2,1H3,(H,18,19,20). The van der Waals surface area contributed by atoms with Crippen molar-refractivity contribution in [3.05, 3.63) is 51.7 Å². The van der Waals surface area contributed by atoms with Crippen molar-refractivity contribution in [1.82, 2.24) is 4.98 Å². The maximum Gasteiger partial charge on any atom is 0.230 e. The van der Waals surface area contributed by atoms with Gasteiger partial charge in [0.15, 0.2) is 5.13 Å². The minimum absolute atomic E-state index is 0.125. The number of anilines is 1. The molecule has 0 saturated carbocycles. The van der Waals surface area contributed by atoms with Crippen LogP contribution in [0, 0.1) is 0 Å². The molecule has 3 aromatic rings. The van der Waals surface area contributed by atoms with Gasteiger partial charge in [-0.3, -0.25) is 4.79 Å². The molecule has 2 aromatic heterocycles. The van der Waals surface area contributed by atoms with Crippen LogP contribution in [0.1, 0.15) is 5.56 Å². The number of halogens is 1. The number of benzene rings is 1. The van der Waals surface area contributed by atoms with Crippen LogP contribution in [0.15, 0.2) is 41.8 Å². The summed E-state index contributed by atoms with van der Waals surface area (Å²) in [6.07, 6.45) is 0.240. The second kappa shape index (κ2) is 7.12. The molecule has 0 aliphatic rings. The van der Waals surface area contributed by atoms with Gasteiger partial charge in [-0.05, 0) is 18.2 Å². The lowest BCUT2D eigenvalue weighted by atomic mass is 10.1. The van der Waals surface area contributed by atoms with E-state index in [1.807, 2.05) is 41.8 Å². The number of thiophene rings is 1. The summed E-state index contributed by atoms with van der Waals surface area (Å²) >= 11 is 8.79. The number of para-hydroxylation sites is 1. The van der Waals surface area contributed by atoms with Crippen LogP contribution in [0.4, 0.5) is 5.13 Å². The zero-order chi connectivity index (χ0) is 16.2. The van der Waals surface area contributed by atoms with Crippen molar-refractivity contribution in [2.75, 3.05) is 12.4 Å². The number of rotatable bonds is 5. The number of carbonyl (C=O) groups is 1. The maximum atomic E-state index is 12.2. The third-order valence-electron chi connectivity index (χ3n) is 3.12. The van der Waals surface area contributed by atoms with Gasteiger partial charge >= 0.3 is 0 Å². The number of methoxy groups -OCH3 is 1. The van der Waals surface area contributed by atoms with Crippen LogP contribution >= 0.6 is 34.3 Å². The monoisotopic (exact) mass is 364 g/mol. The lowest BCUT2D eigenvalue weighted by Gasteiger charge is -2.07. The fraction of sp³-hybridized carbons (Fsp3) is 0.125. The number of nitrogens with zero attached hydrogens (tertiary/aromatic N) is 1. The molecule has 3 rings (SSSR count). The van der Waals surface area contributed by atoms with Crippen molar-refractivity contribution in [3.63, 3.8) is 0 Å². The van der Waals surface area contributed by atoms with Gasteiger partial charge in [-0.25, -0.2) is 4.98 Å². The molecule has 1 N–H and O–H groups in total. The molecule has 0 spiro atoms. The normalized spacial score (nSPS) is 10.5.